The summed E-state index contributed by atoms with van der Waals surface area (Å²) in [6, 6.07) is 6.45. The van der Waals surface area contributed by atoms with Gasteiger partial charge in [-0.15, -0.1) is 0 Å². The second kappa shape index (κ2) is 10.9. The third-order valence-electron chi connectivity index (χ3n) is 4.38. The lowest BCUT2D eigenvalue weighted by Gasteiger charge is -2.27. The zero-order chi connectivity index (χ0) is 21.4. The van der Waals surface area contributed by atoms with E-state index in [0.29, 0.717) is 40.5 Å². The number of benzene rings is 1. The summed E-state index contributed by atoms with van der Waals surface area (Å²) in [4.78, 5) is 21.4. The number of allylic oxidation sites excluding steroid dienone is 2. The number of rotatable bonds is 4. The molecule has 2 aliphatic heterocycles. The van der Waals surface area contributed by atoms with Crippen LogP contribution in [0.5, 0.6) is 0 Å². The van der Waals surface area contributed by atoms with Crippen molar-refractivity contribution >= 4 is 29.1 Å². The van der Waals surface area contributed by atoms with Crippen LogP contribution in [-0.2, 0) is 9.53 Å². The van der Waals surface area contributed by atoms with E-state index in [1.165, 1.54) is 0 Å². The van der Waals surface area contributed by atoms with Crippen LogP contribution < -0.4 is 5.32 Å². The molecule has 2 heterocycles. The number of hydrogen-bond donors (Lipinski definition) is 1. The summed E-state index contributed by atoms with van der Waals surface area (Å²) in [6.07, 6.45) is 3.11. The first kappa shape index (κ1) is 22.8. The summed E-state index contributed by atoms with van der Waals surface area (Å²) < 4.78 is 19.8. The average Bonchev–Trinajstić information content (AvgIpc) is 2.93. The highest BCUT2D eigenvalue weighted by molar-refractivity contribution is 6.44. The number of alkyl halides is 1. The van der Waals surface area contributed by atoms with Gasteiger partial charge in [-0.3, -0.25) is 9.98 Å². The fourth-order valence-corrected chi connectivity index (χ4v) is 3.32. The number of aliphatic imine (C=N–C) groups is 2. The Kier molecular flexibility index (Phi) is 8.58. The number of ether oxygens (including phenoxy) is 1. The first-order chi connectivity index (χ1) is 14.0. The lowest BCUT2D eigenvalue weighted by Crippen LogP contribution is -2.40. The Labute approximate surface area is 176 Å². The van der Waals surface area contributed by atoms with Gasteiger partial charge >= 0.3 is 5.97 Å². The fourth-order valence-electron chi connectivity index (χ4n) is 3.08. The zero-order valence-electron chi connectivity index (χ0n) is 17.2. The zero-order valence-corrected chi connectivity index (χ0v) is 18.0. The van der Waals surface area contributed by atoms with E-state index in [2.05, 4.69) is 15.3 Å². The molecular formula is C22H27ClFN3O2. The molecule has 5 nitrogen and oxygen atoms in total. The van der Waals surface area contributed by atoms with Gasteiger partial charge in [-0.25, -0.2) is 9.18 Å². The van der Waals surface area contributed by atoms with Gasteiger partial charge in [-0.1, -0.05) is 49.7 Å². The van der Waals surface area contributed by atoms with Crippen LogP contribution in [-0.4, -0.2) is 30.3 Å². The molecule has 0 spiro atoms. The van der Waals surface area contributed by atoms with Gasteiger partial charge in [-0.2, -0.15) is 0 Å². The predicted octanol–water partition coefficient (Wildman–Crippen LogP) is 5.33. The van der Waals surface area contributed by atoms with E-state index >= 15 is 0 Å². The molecule has 2 atom stereocenters. The number of hydrogen-bond acceptors (Lipinski definition) is 5. The molecular weight excluding hydrogens is 393 g/mol. The van der Waals surface area contributed by atoms with E-state index in [4.69, 9.17) is 16.3 Å². The SMILES string of the molecule is CC.CCOC(=O)C1=C(C)NC(C2=NC=CCCC2F)=NC1c1ccccc1Cl. The van der Waals surface area contributed by atoms with Crippen molar-refractivity contribution in [2.24, 2.45) is 9.98 Å². The van der Waals surface area contributed by atoms with Gasteiger partial charge in [-0.05, 0) is 32.8 Å². The highest BCUT2D eigenvalue weighted by Crippen LogP contribution is 2.35. The van der Waals surface area contributed by atoms with E-state index in [1.807, 2.05) is 26.0 Å². The second-order valence-corrected chi connectivity index (χ2v) is 6.64. The number of carbonyl (C=O) groups excluding carboxylic acids is 1. The standard InChI is InChI=1S/C20H21ClFN3O2.C2H6/c1-3-27-20(26)16-12(2)24-19(18-15(22)10-6-7-11-23-18)25-17(16)13-8-4-5-9-14(13)21;1-2/h4-5,7-9,11,15,17H,3,6,10H2,1-2H3,(H,24,25);1-2H3. The molecule has 1 N–H and O–H groups in total. The summed E-state index contributed by atoms with van der Waals surface area (Å²) in [6.45, 7) is 7.72. The van der Waals surface area contributed by atoms with Gasteiger partial charge in [0.05, 0.1) is 12.2 Å². The lowest BCUT2D eigenvalue weighted by molar-refractivity contribution is -0.138. The number of nitrogens with one attached hydrogen (secondary N) is 1. The van der Waals surface area contributed by atoms with Gasteiger partial charge < -0.3 is 10.1 Å². The maximum absolute atomic E-state index is 14.6. The van der Waals surface area contributed by atoms with Crippen molar-refractivity contribution in [2.75, 3.05) is 6.61 Å². The maximum Gasteiger partial charge on any atom is 0.338 e. The van der Waals surface area contributed by atoms with Crippen molar-refractivity contribution in [2.45, 2.75) is 52.8 Å². The van der Waals surface area contributed by atoms with E-state index in [1.54, 1.807) is 38.2 Å². The lowest BCUT2D eigenvalue weighted by atomic mass is 9.95. The van der Waals surface area contributed by atoms with E-state index < -0.39 is 18.2 Å². The number of amidine groups is 1. The van der Waals surface area contributed by atoms with Gasteiger partial charge in [0.2, 0.25) is 0 Å². The number of halogens is 2. The van der Waals surface area contributed by atoms with Crippen LogP contribution in [0.25, 0.3) is 0 Å². The Morgan fingerprint density at radius 1 is 1.34 bits per heavy atom. The van der Waals surface area contributed by atoms with Crippen molar-refractivity contribution in [3.8, 4) is 0 Å². The molecule has 0 aliphatic carbocycles. The van der Waals surface area contributed by atoms with Crippen LogP contribution in [0.3, 0.4) is 0 Å². The molecule has 0 aromatic heterocycles. The first-order valence-electron chi connectivity index (χ1n) is 9.87. The number of esters is 1. The van der Waals surface area contributed by atoms with Crippen molar-refractivity contribution in [3.05, 3.63) is 58.4 Å². The molecule has 0 bridgehead atoms. The van der Waals surface area contributed by atoms with Crippen LogP contribution in [0.4, 0.5) is 4.39 Å². The van der Waals surface area contributed by atoms with Crippen molar-refractivity contribution in [1.82, 2.24) is 5.32 Å². The minimum Gasteiger partial charge on any atom is -0.463 e. The third-order valence-corrected chi connectivity index (χ3v) is 4.73. The normalized spacial score (nSPS) is 21.2. The molecule has 0 fully saturated rings. The van der Waals surface area contributed by atoms with Gasteiger partial charge in [0.25, 0.3) is 0 Å². The molecule has 3 rings (SSSR count). The first-order valence-corrected chi connectivity index (χ1v) is 10.2. The Morgan fingerprint density at radius 3 is 2.76 bits per heavy atom. The molecule has 1 aromatic carbocycles. The van der Waals surface area contributed by atoms with Gasteiger partial charge in [0, 0.05) is 22.5 Å². The van der Waals surface area contributed by atoms with Crippen molar-refractivity contribution in [3.63, 3.8) is 0 Å². The number of carbonyl (C=O) groups is 1. The minimum absolute atomic E-state index is 0.225. The Balaban J connectivity index is 0.00000145. The Bertz CT molecular complexity index is 861. The predicted molar refractivity (Wildman–Crippen MR) is 116 cm³/mol. The molecule has 0 saturated heterocycles. The van der Waals surface area contributed by atoms with Gasteiger partial charge in [0.15, 0.2) is 5.84 Å². The average molecular weight is 420 g/mol. The van der Waals surface area contributed by atoms with Crippen molar-refractivity contribution < 1.29 is 13.9 Å². The fraction of sp³-hybridized carbons (Fsp3) is 0.409. The quantitative estimate of drug-likeness (QED) is 0.670. The molecule has 29 heavy (non-hydrogen) atoms. The number of nitrogens with zero attached hydrogens (tertiary/aromatic N) is 2. The molecule has 0 saturated carbocycles. The molecule has 0 amide bonds. The largest absolute Gasteiger partial charge is 0.463 e. The topological polar surface area (TPSA) is 63.0 Å². The molecule has 2 aliphatic rings. The summed E-state index contributed by atoms with van der Waals surface area (Å²) in [5, 5.41) is 3.51. The highest BCUT2D eigenvalue weighted by atomic mass is 35.5. The highest BCUT2D eigenvalue weighted by Gasteiger charge is 2.34. The summed E-state index contributed by atoms with van der Waals surface area (Å²) in [7, 11) is 0. The summed E-state index contributed by atoms with van der Waals surface area (Å²) >= 11 is 6.36. The van der Waals surface area contributed by atoms with Gasteiger partial charge in [0.1, 0.15) is 17.9 Å². The molecule has 0 radical (unpaired) electrons. The molecule has 7 heteroatoms. The van der Waals surface area contributed by atoms with E-state index in [-0.39, 0.29) is 12.3 Å². The van der Waals surface area contributed by atoms with Crippen LogP contribution in [0, 0.1) is 0 Å². The van der Waals surface area contributed by atoms with Crippen molar-refractivity contribution in [1.29, 1.82) is 0 Å². The minimum atomic E-state index is -1.24. The Hall–Kier alpha value is -2.47. The van der Waals surface area contributed by atoms with Crippen LogP contribution in [0.2, 0.25) is 5.02 Å². The second-order valence-electron chi connectivity index (χ2n) is 6.23. The van der Waals surface area contributed by atoms with Crippen LogP contribution in [0.1, 0.15) is 52.1 Å². The van der Waals surface area contributed by atoms with E-state index in [0.717, 1.165) is 0 Å². The molecule has 156 valence electrons. The molecule has 1 aromatic rings. The molecule has 2 unspecified atom stereocenters. The maximum atomic E-state index is 14.6. The monoisotopic (exact) mass is 419 g/mol. The summed E-state index contributed by atoms with van der Waals surface area (Å²) in [5.41, 5.74) is 1.78. The smallest absolute Gasteiger partial charge is 0.338 e. The van der Waals surface area contributed by atoms with Crippen LogP contribution >= 0.6 is 11.6 Å². The van der Waals surface area contributed by atoms with E-state index in [9.17, 15) is 9.18 Å². The Morgan fingerprint density at radius 2 is 2.07 bits per heavy atom. The van der Waals surface area contributed by atoms with Crippen LogP contribution in [0.15, 0.2) is 57.8 Å². The third kappa shape index (κ3) is 5.32. The summed E-state index contributed by atoms with van der Waals surface area (Å²) in [5.74, 6) is -0.167.